The quantitative estimate of drug-likeness (QED) is 0.316. The third-order valence-electron chi connectivity index (χ3n) is 5.13. The number of non-ortho nitro benzene ring substituents is 1. The molecular formula is C23H19ClN4O5S. The number of thiazole rings is 1. The average Bonchev–Trinajstić information content (AvgIpc) is 3.12. The Morgan fingerprint density at radius 3 is 2.74 bits per heavy atom. The fourth-order valence-electron chi connectivity index (χ4n) is 3.61. The van der Waals surface area contributed by atoms with Crippen LogP contribution < -0.4 is 20.2 Å². The molecule has 34 heavy (non-hydrogen) atoms. The maximum absolute atomic E-state index is 13.4. The van der Waals surface area contributed by atoms with Crippen molar-refractivity contribution in [1.29, 1.82) is 0 Å². The molecule has 2 aromatic carbocycles. The SMILES string of the molecule is CCOC(=O)C1=C(C)N=c2s/c(=C\Nc3cccc([N+](=O)[O-])c3)c(=O)n2[C@@H]1c1ccc(Cl)cc1. The Kier molecular flexibility index (Phi) is 6.62. The summed E-state index contributed by atoms with van der Waals surface area (Å²) in [5.41, 5.74) is 1.43. The Balaban J connectivity index is 1.83. The van der Waals surface area contributed by atoms with E-state index in [1.54, 1.807) is 50.2 Å². The number of nitrogens with zero attached hydrogens (tertiary/aromatic N) is 3. The Morgan fingerprint density at radius 1 is 1.32 bits per heavy atom. The highest BCUT2D eigenvalue weighted by molar-refractivity contribution is 7.07. The Bertz CT molecular complexity index is 1490. The monoisotopic (exact) mass is 498 g/mol. The third kappa shape index (κ3) is 4.50. The molecule has 1 aliphatic heterocycles. The van der Waals surface area contributed by atoms with Crippen LogP contribution in [-0.2, 0) is 9.53 Å². The van der Waals surface area contributed by atoms with Gasteiger partial charge in [-0.1, -0.05) is 41.1 Å². The number of allylic oxidation sites excluding steroid dienone is 1. The molecule has 0 aliphatic carbocycles. The number of hydrogen-bond acceptors (Lipinski definition) is 8. The van der Waals surface area contributed by atoms with E-state index < -0.39 is 16.9 Å². The number of nitrogens with one attached hydrogen (secondary N) is 1. The van der Waals surface area contributed by atoms with Gasteiger partial charge in [0.05, 0.1) is 28.8 Å². The van der Waals surface area contributed by atoms with Crippen molar-refractivity contribution < 1.29 is 14.5 Å². The molecule has 0 radical (unpaired) electrons. The van der Waals surface area contributed by atoms with Crippen LogP contribution in [0.1, 0.15) is 25.5 Å². The van der Waals surface area contributed by atoms with Crippen molar-refractivity contribution in [3.8, 4) is 0 Å². The number of ether oxygens (including phenoxy) is 1. The number of aromatic nitrogens is 1. The summed E-state index contributed by atoms with van der Waals surface area (Å²) >= 11 is 7.19. The molecule has 0 fully saturated rings. The van der Waals surface area contributed by atoms with Gasteiger partial charge in [0.15, 0.2) is 4.80 Å². The van der Waals surface area contributed by atoms with Crippen LogP contribution in [0.5, 0.6) is 0 Å². The van der Waals surface area contributed by atoms with E-state index in [1.165, 1.54) is 22.9 Å². The first-order valence-electron chi connectivity index (χ1n) is 10.2. The highest BCUT2D eigenvalue weighted by Gasteiger charge is 2.33. The van der Waals surface area contributed by atoms with Gasteiger partial charge in [0.25, 0.3) is 11.2 Å². The largest absolute Gasteiger partial charge is 0.463 e. The van der Waals surface area contributed by atoms with Gasteiger partial charge in [-0.05, 0) is 37.6 Å². The molecule has 2 heterocycles. The van der Waals surface area contributed by atoms with E-state index in [9.17, 15) is 19.7 Å². The van der Waals surface area contributed by atoms with Crippen LogP contribution in [0, 0.1) is 10.1 Å². The first-order valence-corrected chi connectivity index (χ1v) is 11.4. The molecule has 0 bridgehead atoms. The summed E-state index contributed by atoms with van der Waals surface area (Å²) < 4.78 is 7.03. The van der Waals surface area contributed by atoms with Crippen molar-refractivity contribution in [3.05, 3.63) is 100 Å². The van der Waals surface area contributed by atoms with E-state index in [4.69, 9.17) is 16.3 Å². The van der Waals surface area contributed by atoms with Gasteiger partial charge < -0.3 is 10.1 Å². The molecule has 0 saturated heterocycles. The van der Waals surface area contributed by atoms with Crippen molar-refractivity contribution in [2.24, 2.45) is 4.99 Å². The van der Waals surface area contributed by atoms with E-state index in [0.29, 0.717) is 31.3 Å². The lowest BCUT2D eigenvalue weighted by Gasteiger charge is -2.24. The van der Waals surface area contributed by atoms with E-state index in [-0.39, 0.29) is 23.4 Å². The van der Waals surface area contributed by atoms with Crippen LogP contribution in [-0.4, -0.2) is 22.1 Å². The predicted molar refractivity (Wildman–Crippen MR) is 129 cm³/mol. The first-order chi connectivity index (χ1) is 16.3. The number of anilines is 1. The van der Waals surface area contributed by atoms with Gasteiger partial charge in [0, 0.05) is 29.0 Å². The second-order valence-electron chi connectivity index (χ2n) is 7.31. The molecule has 9 nitrogen and oxygen atoms in total. The highest BCUT2D eigenvalue weighted by Crippen LogP contribution is 2.31. The van der Waals surface area contributed by atoms with Gasteiger partial charge in [0.1, 0.15) is 4.53 Å². The molecular weight excluding hydrogens is 480 g/mol. The molecule has 1 atom stereocenters. The van der Waals surface area contributed by atoms with Crippen LogP contribution in [0.2, 0.25) is 5.02 Å². The smallest absolute Gasteiger partial charge is 0.338 e. The van der Waals surface area contributed by atoms with E-state index >= 15 is 0 Å². The first kappa shape index (κ1) is 23.4. The molecule has 1 aromatic heterocycles. The number of carbonyl (C=O) groups excluding carboxylic acids is 1. The Labute approximate surface area is 202 Å². The van der Waals surface area contributed by atoms with Crippen molar-refractivity contribution in [1.82, 2.24) is 4.57 Å². The summed E-state index contributed by atoms with van der Waals surface area (Å²) in [5, 5.41) is 14.5. The lowest BCUT2D eigenvalue weighted by Crippen LogP contribution is -2.40. The minimum Gasteiger partial charge on any atom is -0.463 e. The highest BCUT2D eigenvalue weighted by atomic mass is 35.5. The van der Waals surface area contributed by atoms with E-state index in [0.717, 1.165) is 11.3 Å². The fourth-order valence-corrected chi connectivity index (χ4v) is 4.71. The zero-order chi connectivity index (χ0) is 24.4. The van der Waals surface area contributed by atoms with Crippen molar-refractivity contribution in [3.63, 3.8) is 0 Å². The van der Waals surface area contributed by atoms with Crippen molar-refractivity contribution in [2.45, 2.75) is 19.9 Å². The number of nitro groups is 1. The van der Waals surface area contributed by atoms with Crippen molar-refractivity contribution in [2.75, 3.05) is 11.9 Å². The predicted octanol–water partition coefficient (Wildman–Crippen LogP) is 3.38. The van der Waals surface area contributed by atoms with Gasteiger partial charge in [-0.25, -0.2) is 9.79 Å². The lowest BCUT2D eigenvalue weighted by molar-refractivity contribution is -0.384. The zero-order valence-corrected chi connectivity index (χ0v) is 19.7. The topological polar surface area (TPSA) is 116 Å². The molecule has 0 amide bonds. The molecule has 11 heteroatoms. The molecule has 174 valence electrons. The van der Waals surface area contributed by atoms with Crippen LogP contribution in [0.3, 0.4) is 0 Å². The summed E-state index contributed by atoms with van der Waals surface area (Å²) in [7, 11) is 0. The maximum Gasteiger partial charge on any atom is 0.338 e. The second kappa shape index (κ2) is 9.62. The maximum atomic E-state index is 13.4. The Hall–Kier alpha value is -3.76. The van der Waals surface area contributed by atoms with E-state index in [1.807, 2.05) is 0 Å². The number of fused-ring (bicyclic) bond motifs is 1. The van der Waals surface area contributed by atoms with Gasteiger partial charge >= 0.3 is 5.97 Å². The lowest BCUT2D eigenvalue weighted by atomic mass is 9.96. The fraction of sp³-hybridized carbons (Fsp3) is 0.174. The van der Waals surface area contributed by atoms with Crippen LogP contribution in [0.25, 0.3) is 6.20 Å². The summed E-state index contributed by atoms with van der Waals surface area (Å²) in [6.45, 7) is 3.59. The minimum absolute atomic E-state index is 0.0719. The Morgan fingerprint density at radius 2 is 2.06 bits per heavy atom. The summed E-state index contributed by atoms with van der Waals surface area (Å²) in [6, 6.07) is 12.1. The summed E-state index contributed by atoms with van der Waals surface area (Å²) in [5.74, 6) is -0.548. The molecule has 1 aliphatic rings. The molecule has 1 N–H and O–H groups in total. The third-order valence-corrected chi connectivity index (χ3v) is 6.36. The standard InChI is InChI=1S/C23H19ClN4O5S/c1-3-33-22(30)19-13(2)26-23-27(20(19)14-7-9-15(24)10-8-14)21(29)18(34-23)12-25-16-5-4-6-17(11-16)28(31)32/h4-12,20,25H,3H2,1-2H3/b18-12-/t20-/m1/s1. The second-order valence-corrected chi connectivity index (χ2v) is 8.75. The zero-order valence-electron chi connectivity index (χ0n) is 18.1. The van der Waals surface area contributed by atoms with Crippen LogP contribution in [0.15, 0.2) is 69.6 Å². The number of carbonyl (C=O) groups is 1. The average molecular weight is 499 g/mol. The minimum atomic E-state index is -0.743. The molecule has 4 rings (SSSR count). The van der Waals surface area contributed by atoms with Gasteiger partial charge in [-0.15, -0.1) is 0 Å². The number of benzene rings is 2. The number of nitro benzene ring substituents is 1. The van der Waals surface area contributed by atoms with Gasteiger partial charge in [-0.2, -0.15) is 0 Å². The summed E-state index contributed by atoms with van der Waals surface area (Å²) in [6.07, 6.45) is 1.48. The van der Waals surface area contributed by atoms with E-state index in [2.05, 4.69) is 10.3 Å². The van der Waals surface area contributed by atoms with Gasteiger partial charge in [-0.3, -0.25) is 19.5 Å². The van der Waals surface area contributed by atoms with Gasteiger partial charge in [0.2, 0.25) is 0 Å². The molecule has 0 spiro atoms. The summed E-state index contributed by atoms with van der Waals surface area (Å²) in [4.78, 5) is 41.7. The molecule has 0 saturated carbocycles. The molecule has 0 unspecified atom stereocenters. The number of halogens is 1. The van der Waals surface area contributed by atoms with Crippen LogP contribution in [0.4, 0.5) is 11.4 Å². The number of esters is 1. The number of rotatable bonds is 6. The number of hydrogen-bond donors (Lipinski definition) is 1. The van der Waals surface area contributed by atoms with Crippen LogP contribution >= 0.6 is 22.9 Å². The van der Waals surface area contributed by atoms with Crippen molar-refractivity contribution >= 4 is 46.5 Å². The molecule has 3 aromatic rings. The normalized spacial score (nSPS) is 15.5.